The highest BCUT2D eigenvalue weighted by molar-refractivity contribution is 5.92. The number of hydrogen-bond acceptors (Lipinski definition) is 4. The molecule has 1 aromatic rings. The molecule has 0 aromatic carbocycles. The van der Waals surface area contributed by atoms with Gasteiger partial charge in [0.25, 0.3) is 0 Å². The molecule has 1 aliphatic heterocycles. The molecular weight excluding hydrogens is 230 g/mol. The lowest BCUT2D eigenvalue weighted by Gasteiger charge is -2.35. The van der Waals surface area contributed by atoms with E-state index in [1.54, 1.807) is 6.26 Å². The number of hydrazine groups is 1. The number of nitrogens with one attached hydrogen (secondary N) is 1. The first-order valence-corrected chi connectivity index (χ1v) is 6.57. The minimum Gasteiger partial charge on any atom is -0.459 e. The van der Waals surface area contributed by atoms with Gasteiger partial charge in [0.05, 0.1) is 6.26 Å². The molecule has 0 radical (unpaired) electrons. The monoisotopic (exact) mass is 251 g/mol. The summed E-state index contributed by atoms with van der Waals surface area (Å²) in [5.41, 5.74) is 3.03. The minimum atomic E-state index is -0.361. The van der Waals surface area contributed by atoms with Crippen molar-refractivity contribution in [2.45, 2.75) is 45.2 Å². The van der Waals surface area contributed by atoms with Crippen molar-refractivity contribution < 1.29 is 9.21 Å². The molecule has 1 aromatic heterocycles. The molecule has 0 aliphatic carbocycles. The van der Waals surface area contributed by atoms with Crippen LogP contribution in [0.1, 0.15) is 48.7 Å². The van der Waals surface area contributed by atoms with Gasteiger partial charge in [0.2, 0.25) is 0 Å². The third-order valence-corrected chi connectivity index (χ3v) is 3.68. The van der Waals surface area contributed by atoms with Crippen LogP contribution in [0.4, 0.5) is 0 Å². The molecule has 2 heterocycles. The van der Waals surface area contributed by atoms with E-state index in [9.17, 15) is 4.79 Å². The number of nitrogens with zero attached hydrogens (tertiary/aromatic N) is 1. The average Bonchev–Trinajstić information content (AvgIpc) is 2.86. The van der Waals surface area contributed by atoms with Crippen molar-refractivity contribution in [1.82, 2.24) is 10.3 Å². The molecule has 5 heteroatoms. The Labute approximate surface area is 107 Å². The molecule has 1 amide bonds. The van der Waals surface area contributed by atoms with Gasteiger partial charge in [0.15, 0.2) is 5.76 Å². The van der Waals surface area contributed by atoms with E-state index in [1.807, 2.05) is 6.07 Å². The van der Waals surface area contributed by atoms with E-state index in [2.05, 4.69) is 17.2 Å². The highest BCUT2D eigenvalue weighted by Gasteiger charge is 2.23. The first kappa shape index (κ1) is 13.1. The molecule has 2 rings (SSSR count). The fourth-order valence-electron chi connectivity index (χ4n) is 2.67. The summed E-state index contributed by atoms with van der Waals surface area (Å²) in [7, 11) is 0. The maximum absolute atomic E-state index is 11.5. The van der Waals surface area contributed by atoms with Gasteiger partial charge in [0, 0.05) is 18.2 Å². The zero-order chi connectivity index (χ0) is 13.0. The first-order chi connectivity index (χ1) is 8.76. The van der Waals surface area contributed by atoms with Crippen LogP contribution in [-0.2, 0) is 6.54 Å². The molecule has 0 saturated carbocycles. The van der Waals surface area contributed by atoms with Crippen LogP contribution in [0.2, 0.25) is 0 Å². The summed E-state index contributed by atoms with van der Waals surface area (Å²) in [5.74, 6) is 5.12. The number of carbonyl (C=O) groups is 1. The number of carbonyl (C=O) groups excluding carboxylic acids is 1. The molecule has 0 spiro atoms. The Balaban J connectivity index is 2.08. The zero-order valence-corrected chi connectivity index (χ0v) is 10.8. The Bertz CT molecular complexity index is 403. The summed E-state index contributed by atoms with van der Waals surface area (Å²) >= 11 is 0. The van der Waals surface area contributed by atoms with Crippen LogP contribution < -0.4 is 11.3 Å². The molecule has 3 N–H and O–H groups in total. The number of nitrogen functional groups attached to an aromatic ring is 1. The topological polar surface area (TPSA) is 71.5 Å². The smallest absolute Gasteiger partial charge is 0.301 e. The van der Waals surface area contributed by atoms with Crippen molar-refractivity contribution in [1.29, 1.82) is 0 Å². The predicted molar refractivity (Wildman–Crippen MR) is 68.7 cm³/mol. The van der Waals surface area contributed by atoms with Crippen LogP contribution in [0.3, 0.4) is 0 Å². The Morgan fingerprint density at radius 2 is 2.44 bits per heavy atom. The lowest BCUT2D eigenvalue weighted by atomic mass is 9.99. The van der Waals surface area contributed by atoms with Gasteiger partial charge in [-0.15, -0.1) is 0 Å². The molecule has 100 valence electrons. The average molecular weight is 251 g/mol. The van der Waals surface area contributed by atoms with Crippen molar-refractivity contribution in [2.24, 2.45) is 5.84 Å². The van der Waals surface area contributed by atoms with Crippen LogP contribution in [-0.4, -0.2) is 23.4 Å². The van der Waals surface area contributed by atoms with Crippen LogP contribution >= 0.6 is 0 Å². The Morgan fingerprint density at radius 3 is 3.17 bits per heavy atom. The van der Waals surface area contributed by atoms with Gasteiger partial charge >= 0.3 is 5.91 Å². The van der Waals surface area contributed by atoms with Crippen LogP contribution in [0.15, 0.2) is 16.7 Å². The fourth-order valence-corrected chi connectivity index (χ4v) is 2.67. The standard InChI is InChI=1S/C13H21N3O2/c1-2-11-5-3-4-7-16(11)9-10-6-8-18-12(10)13(17)15-14/h6,8,11H,2-5,7,9,14H2,1H3,(H,15,17). The molecule has 18 heavy (non-hydrogen) atoms. The van der Waals surface area contributed by atoms with E-state index >= 15 is 0 Å². The quantitative estimate of drug-likeness (QED) is 0.485. The summed E-state index contributed by atoms with van der Waals surface area (Å²) in [6.45, 7) is 4.07. The number of rotatable bonds is 4. The lowest BCUT2D eigenvalue weighted by molar-refractivity contribution is 0.0918. The van der Waals surface area contributed by atoms with Crippen molar-refractivity contribution in [3.8, 4) is 0 Å². The maximum atomic E-state index is 11.5. The van der Waals surface area contributed by atoms with Gasteiger partial charge in [0.1, 0.15) is 0 Å². The van der Waals surface area contributed by atoms with E-state index in [0.717, 1.165) is 25.1 Å². The Kier molecular flexibility index (Phi) is 4.38. The van der Waals surface area contributed by atoms with E-state index in [0.29, 0.717) is 11.8 Å². The summed E-state index contributed by atoms with van der Waals surface area (Å²) in [6.07, 6.45) is 6.47. The second kappa shape index (κ2) is 6.02. The predicted octanol–water partition coefficient (Wildman–Crippen LogP) is 1.65. The molecule has 5 nitrogen and oxygen atoms in total. The van der Waals surface area contributed by atoms with Gasteiger partial charge in [-0.05, 0) is 31.9 Å². The summed E-state index contributed by atoms with van der Waals surface area (Å²) < 4.78 is 5.21. The van der Waals surface area contributed by atoms with Crippen LogP contribution in [0.5, 0.6) is 0 Å². The van der Waals surface area contributed by atoms with Gasteiger partial charge in [-0.2, -0.15) is 0 Å². The zero-order valence-electron chi connectivity index (χ0n) is 10.8. The Hall–Kier alpha value is -1.33. The highest BCUT2D eigenvalue weighted by atomic mass is 16.3. The third-order valence-electron chi connectivity index (χ3n) is 3.68. The number of likely N-dealkylation sites (tertiary alicyclic amines) is 1. The summed E-state index contributed by atoms with van der Waals surface area (Å²) in [4.78, 5) is 14.0. The molecule has 1 fully saturated rings. The minimum absolute atomic E-state index is 0.331. The number of nitrogens with two attached hydrogens (primary N) is 1. The SMILES string of the molecule is CCC1CCCCN1Cc1ccoc1C(=O)NN. The first-order valence-electron chi connectivity index (χ1n) is 6.57. The van der Waals surface area contributed by atoms with Gasteiger partial charge in [-0.1, -0.05) is 13.3 Å². The van der Waals surface area contributed by atoms with Crippen molar-refractivity contribution >= 4 is 5.91 Å². The maximum Gasteiger partial charge on any atom is 0.301 e. The number of furan rings is 1. The van der Waals surface area contributed by atoms with E-state index in [1.165, 1.54) is 19.3 Å². The van der Waals surface area contributed by atoms with Crippen LogP contribution in [0, 0.1) is 0 Å². The Morgan fingerprint density at radius 1 is 1.61 bits per heavy atom. The van der Waals surface area contributed by atoms with Gasteiger partial charge < -0.3 is 4.42 Å². The van der Waals surface area contributed by atoms with Crippen molar-refractivity contribution in [2.75, 3.05) is 6.54 Å². The summed E-state index contributed by atoms with van der Waals surface area (Å²) in [5, 5.41) is 0. The van der Waals surface area contributed by atoms with Gasteiger partial charge in [-0.3, -0.25) is 15.1 Å². The largest absolute Gasteiger partial charge is 0.459 e. The van der Waals surface area contributed by atoms with Crippen LogP contribution in [0.25, 0.3) is 0 Å². The normalized spacial score (nSPS) is 20.9. The third kappa shape index (κ3) is 2.73. The molecule has 1 atom stereocenters. The van der Waals surface area contributed by atoms with E-state index in [-0.39, 0.29) is 5.91 Å². The van der Waals surface area contributed by atoms with Crippen molar-refractivity contribution in [3.05, 3.63) is 23.7 Å². The molecule has 1 aliphatic rings. The second-order valence-electron chi connectivity index (χ2n) is 4.78. The van der Waals surface area contributed by atoms with E-state index in [4.69, 9.17) is 10.3 Å². The molecule has 0 bridgehead atoms. The highest BCUT2D eigenvalue weighted by Crippen LogP contribution is 2.23. The number of piperidine rings is 1. The number of hydrogen-bond donors (Lipinski definition) is 2. The molecular formula is C13H21N3O2. The lowest BCUT2D eigenvalue weighted by Crippen LogP contribution is -2.39. The molecule has 1 saturated heterocycles. The second-order valence-corrected chi connectivity index (χ2v) is 4.78. The summed E-state index contributed by atoms with van der Waals surface area (Å²) in [6, 6.07) is 2.47. The number of amides is 1. The van der Waals surface area contributed by atoms with Gasteiger partial charge in [-0.25, -0.2) is 5.84 Å². The van der Waals surface area contributed by atoms with E-state index < -0.39 is 0 Å². The molecule has 1 unspecified atom stereocenters. The van der Waals surface area contributed by atoms with Crippen molar-refractivity contribution in [3.63, 3.8) is 0 Å². The fraction of sp³-hybridized carbons (Fsp3) is 0.615.